The lowest BCUT2D eigenvalue weighted by molar-refractivity contribution is -0.177. The summed E-state index contributed by atoms with van der Waals surface area (Å²) in [5.41, 5.74) is 3.18. The average Bonchev–Trinajstić information content (AvgIpc) is 2.55. The van der Waals surface area contributed by atoms with Crippen molar-refractivity contribution in [3.05, 3.63) is 53.3 Å². The second-order valence-corrected chi connectivity index (χ2v) is 5.59. The van der Waals surface area contributed by atoms with Gasteiger partial charge in [-0.2, -0.15) is 18.4 Å². The van der Waals surface area contributed by atoms with Crippen molar-refractivity contribution in [1.82, 2.24) is 4.98 Å². The Hall–Kier alpha value is -2.55. The number of alkyl halides is 3. The lowest BCUT2D eigenvalue weighted by atomic mass is 9.81. The molecule has 0 fully saturated rings. The third-order valence-corrected chi connectivity index (χ3v) is 4.13. The largest absolute Gasteiger partial charge is 0.392 e. The molecule has 3 rings (SSSR count). The second-order valence-electron chi connectivity index (χ2n) is 5.59. The summed E-state index contributed by atoms with van der Waals surface area (Å²) in [6.07, 6.45) is -0.619. The van der Waals surface area contributed by atoms with Gasteiger partial charge >= 0.3 is 6.18 Å². The van der Waals surface area contributed by atoms with Crippen LogP contribution in [0.5, 0.6) is 0 Å². The highest BCUT2D eigenvalue weighted by Crippen LogP contribution is 2.40. The number of hydrogen-bond donors (Lipinski definition) is 1. The molecule has 1 aromatic carbocycles. The standard InChI is InChI=1S/C17H14F3N3/c18-17(19,20)13-5-6-15-11(8-13)3-4-12(9-21)16(15)23-14-2-1-7-22-10-14/h1-4,7,10,13,23H,5-6,8H2. The van der Waals surface area contributed by atoms with Gasteiger partial charge in [-0.05, 0) is 48.6 Å². The molecule has 0 aliphatic heterocycles. The van der Waals surface area contributed by atoms with Crippen LogP contribution in [0, 0.1) is 17.2 Å². The van der Waals surface area contributed by atoms with Crippen LogP contribution >= 0.6 is 0 Å². The second kappa shape index (κ2) is 5.92. The number of halogens is 3. The van der Waals surface area contributed by atoms with Crippen molar-refractivity contribution in [3.63, 3.8) is 0 Å². The van der Waals surface area contributed by atoms with Gasteiger partial charge in [-0.25, -0.2) is 0 Å². The molecular weight excluding hydrogens is 303 g/mol. The molecule has 0 saturated carbocycles. The number of pyridine rings is 1. The smallest absolute Gasteiger partial charge is 0.353 e. The van der Waals surface area contributed by atoms with Crippen LogP contribution in [0.15, 0.2) is 36.7 Å². The van der Waals surface area contributed by atoms with Gasteiger partial charge in [0.2, 0.25) is 0 Å². The minimum absolute atomic E-state index is 0.0355. The number of nitrogens with zero attached hydrogens (tertiary/aromatic N) is 2. The van der Waals surface area contributed by atoms with Gasteiger partial charge < -0.3 is 5.32 Å². The van der Waals surface area contributed by atoms with Crippen LogP contribution in [0.4, 0.5) is 24.5 Å². The maximum absolute atomic E-state index is 13.0. The van der Waals surface area contributed by atoms with E-state index in [-0.39, 0.29) is 12.8 Å². The monoisotopic (exact) mass is 317 g/mol. The molecule has 0 radical (unpaired) electrons. The minimum Gasteiger partial charge on any atom is -0.353 e. The molecule has 1 N–H and O–H groups in total. The predicted octanol–water partition coefficient (Wildman–Crippen LogP) is 4.36. The Bertz CT molecular complexity index is 748. The van der Waals surface area contributed by atoms with E-state index in [4.69, 9.17) is 0 Å². The molecule has 0 saturated heterocycles. The molecule has 1 aromatic heterocycles. The zero-order chi connectivity index (χ0) is 16.4. The van der Waals surface area contributed by atoms with Gasteiger partial charge in [0.25, 0.3) is 0 Å². The van der Waals surface area contributed by atoms with Gasteiger partial charge in [-0.15, -0.1) is 0 Å². The van der Waals surface area contributed by atoms with E-state index in [0.717, 1.165) is 5.56 Å². The van der Waals surface area contributed by atoms with E-state index in [0.29, 0.717) is 28.9 Å². The first-order valence-electron chi connectivity index (χ1n) is 7.27. The third kappa shape index (κ3) is 3.14. The van der Waals surface area contributed by atoms with E-state index in [1.807, 2.05) is 0 Å². The van der Waals surface area contributed by atoms with Gasteiger partial charge in [0.15, 0.2) is 0 Å². The zero-order valence-corrected chi connectivity index (χ0v) is 12.2. The number of hydrogen-bond acceptors (Lipinski definition) is 3. The molecule has 0 bridgehead atoms. The Balaban J connectivity index is 1.98. The normalized spacial score (nSPS) is 17.2. The molecule has 1 unspecified atom stereocenters. The van der Waals surface area contributed by atoms with E-state index in [9.17, 15) is 18.4 Å². The summed E-state index contributed by atoms with van der Waals surface area (Å²) < 4.78 is 38.9. The van der Waals surface area contributed by atoms with Crippen LogP contribution in [0.3, 0.4) is 0 Å². The van der Waals surface area contributed by atoms with E-state index in [1.165, 1.54) is 0 Å². The van der Waals surface area contributed by atoms with E-state index in [1.54, 1.807) is 36.7 Å². The molecular formula is C17H14F3N3. The molecule has 23 heavy (non-hydrogen) atoms. The Labute approximate surface area is 131 Å². The van der Waals surface area contributed by atoms with Crippen LogP contribution in [0.1, 0.15) is 23.1 Å². The van der Waals surface area contributed by atoms with E-state index < -0.39 is 12.1 Å². The number of aromatic nitrogens is 1. The van der Waals surface area contributed by atoms with Gasteiger partial charge in [-0.1, -0.05) is 6.07 Å². The number of benzene rings is 1. The molecule has 1 aliphatic carbocycles. The highest BCUT2D eigenvalue weighted by Gasteiger charge is 2.41. The Kier molecular flexibility index (Phi) is 3.95. The first-order valence-corrected chi connectivity index (χ1v) is 7.27. The number of anilines is 2. The summed E-state index contributed by atoms with van der Waals surface area (Å²) >= 11 is 0. The summed E-state index contributed by atoms with van der Waals surface area (Å²) in [5.74, 6) is -1.31. The summed E-state index contributed by atoms with van der Waals surface area (Å²) in [6.45, 7) is 0. The number of nitriles is 1. The van der Waals surface area contributed by atoms with Crippen molar-refractivity contribution in [2.24, 2.45) is 5.92 Å². The predicted molar refractivity (Wildman–Crippen MR) is 80.2 cm³/mol. The van der Waals surface area contributed by atoms with Crippen LogP contribution in [0.25, 0.3) is 0 Å². The van der Waals surface area contributed by atoms with Crippen LogP contribution in [-0.2, 0) is 12.8 Å². The lowest BCUT2D eigenvalue weighted by Gasteiger charge is -2.28. The van der Waals surface area contributed by atoms with E-state index in [2.05, 4.69) is 16.4 Å². The molecule has 2 aromatic rings. The fourth-order valence-corrected chi connectivity index (χ4v) is 2.95. The van der Waals surface area contributed by atoms with Crippen LogP contribution in [0.2, 0.25) is 0 Å². The number of fused-ring (bicyclic) bond motifs is 1. The maximum atomic E-state index is 13.0. The molecule has 1 heterocycles. The zero-order valence-electron chi connectivity index (χ0n) is 12.2. The van der Waals surface area contributed by atoms with Crippen molar-refractivity contribution < 1.29 is 13.2 Å². The van der Waals surface area contributed by atoms with Crippen molar-refractivity contribution in [2.45, 2.75) is 25.4 Å². The number of rotatable bonds is 2. The van der Waals surface area contributed by atoms with E-state index >= 15 is 0 Å². The Morgan fingerprint density at radius 3 is 2.74 bits per heavy atom. The molecule has 118 valence electrons. The Morgan fingerprint density at radius 1 is 1.26 bits per heavy atom. The third-order valence-electron chi connectivity index (χ3n) is 4.13. The van der Waals surface area contributed by atoms with Gasteiger partial charge in [0.1, 0.15) is 6.07 Å². The molecule has 6 heteroatoms. The van der Waals surface area contributed by atoms with Crippen LogP contribution < -0.4 is 5.32 Å². The minimum atomic E-state index is -4.18. The number of nitrogens with one attached hydrogen (secondary N) is 1. The molecule has 0 amide bonds. The van der Waals surface area contributed by atoms with Crippen molar-refractivity contribution in [2.75, 3.05) is 5.32 Å². The fraction of sp³-hybridized carbons (Fsp3) is 0.294. The highest BCUT2D eigenvalue weighted by molar-refractivity contribution is 5.71. The maximum Gasteiger partial charge on any atom is 0.392 e. The SMILES string of the molecule is N#Cc1ccc2c(c1Nc1cccnc1)CCC(C(F)(F)F)C2. The molecule has 3 nitrogen and oxygen atoms in total. The van der Waals surface area contributed by atoms with Crippen LogP contribution in [-0.4, -0.2) is 11.2 Å². The summed E-state index contributed by atoms with van der Waals surface area (Å²) in [6, 6.07) is 8.87. The molecule has 1 aliphatic rings. The fourth-order valence-electron chi connectivity index (χ4n) is 2.95. The summed E-state index contributed by atoms with van der Waals surface area (Å²) in [7, 11) is 0. The lowest BCUT2D eigenvalue weighted by Crippen LogP contribution is -2.29. The van der Waals surface area contributed by atoms with Gasteiger partial charge in [0.05, 0.1) is 29.1 Å². The Morgan fingerprint density at radius 2 is 2.09 bits per heavy atom. The first-order chi connectivity index (χ1) is 11.0. The quantitative estimate of drug-likeness (QED) is 0.895. The van der Waals surface area contributed by atoms with Gasteiger partial charge in [-0.3, -0.25) is 4.98 Å². The molecule has 1 atom stereocenters. The molecule has 0 spiro atoms. The van der Waals surface area contributed by atoms with Gasteiger partial charge in [0, 0.05) is 6.20 Å². The summed E-state index contributed by atoms with van der Waals surface area (Å²) in [4.78, 5) is 4.00. The first kappa shape index (κ1) is 15.3. The highest BCUT2D eigenvalue weighted by atomic mass is 19.4. The summed E-state index contributed by atoms with van der Waals surface area (Å²) in [5, 5.41) is 12.4. The van der Waals surface area contributed by atoms with Crippen molar-refractivity contribution in [1.29, 1.82) is 5.26 Å². The van der Waals surface area contributed by atoms with Crippen molar-refractivity contribution in [3.8, 4) is 6.07 Å². The van der Waals surface area contributed by atoms with Crippen molar-refractivity contribution >= 4 is 11.4 Å². The topological polar surface area (TPSA) is 48.7 Å². The average molecular weight is 317 g/mol.